The van der Waals surface area contributed by atoms with Crippen LogP contribution in [-0.4, -0.2) is 55.2 Å². The zero-order valence-corrected chi connectivity index (χ0v) is 21.4. The summed E-state index contributed by atoms with van der Waals surface area (Å²) in [5.41, 5.74) is -6.63. The molecule has 1 N–H and O–H groups in total. The summed E-state index contributed by atoms with van der Waals surface area (Å²) in [6.45, 7) is 5.38. The van der Waals surface area contributed by atoms with Gasteiger partial charge in [0.2, 0.25) is 15.6 Å². The summed E-state index contributed by atoms with van der Waals surface area (Å²) in [4.78, 5) is 1.78. The van der Waals surface area contributed by atoms with Crippen LogP contribution in [0, 0.1) is 18.6 Å². The van der Waals surface area contributed by atoms with E-state index >= 15 is 8.78 Å². The summed E-state index contributed by atoms with van der Waals surface area (Å²) in [5.74, 6) is -10.8. The molecule has 5 nitrogen and oxygen atoms in total. The molecule has 202 valence electrons. The summed E-state index contributed by atoms with van der Waals surface area (Å²) < 4.78 is 115. The van der Waals surface area contributed by atoms with Crippen molar-refractivity contribution in [1.82, 2.24) is 9.21 Å². The minimum Gasteiger partial charge on any atom is -0.373 e. The average Bonchev–Trinajstić information content (AvgIpc) is 2.79. The monoisotopic (exact) mass is 548 g/mol. The van der Waals surface area contributed by atoms with Gasteiger partial charge in [0.05, 0.1) is 6.26 Å². The fourth-order valence-electron chi connectivity index (χ4n) is 5.91. The molecule has 5 rings (SSSR count). The Labute approximate surface area is 210 Å². The number of hydrogen-bond acceptors (Lipinski definition) is 4. The summed E-state index contributed by atoms with van der Waals surface area (Å²) >= 11 is 0. The predicted octanol–water partition coefficient (Wildman–Crippen LogP) is 4.54. The van der Waals surface area contributed by atoms with Gasteiger partial charge in [-0.25, -0.2) is 17.2 Å². The number of benzene rings is 2. The Morgan fingerprint density at radius 2 is 1.59 bits per heavy atom. The van der Waals surface area contributed by atoms with Gasteiger partial charge in [0.1, 0.15) is 11.6 Å². The molecule has 0 spiro atoms. The maximum absolute atomic E-state index is 15.8. The molecule has 0 saturated carbocycles. The Kier molecular flexibility index (Phi) is 5.67. The second kappa shape index (κ2) is 7.93. The van der Waals surface area contributed by atoms with E-state index in [1.54, 1.807) is 18.7 Å². The Morgan fingerprint density at radius 3 is 2.14 bits per heavy atom. The van der Waals surface area contributed by atoms with E-state index in [0.29, 0.717) is 13.1 Å². The molecule has 37 heavy (non-hydrogen) atoms. The zero-order chi connectivity index (χ0) is 27.5. The van der Waals surface area contributed by atoms with Crippen LogP contribution in [0.1, 0.15) is 53.1 Å². The Hall–Kier alpha value is -2.15. The van der Waals surface area contributed by atoms with Gasteiger partial charge in [-0.2, -0.15) is 21.9 Å². The van der Waals surface area contributed by atoms with E-state index in [1.165, 1.54) is 11.2 Å². The van der Waals surface area contributed by atoms with E-state index in [-0.39, 0.29) is 47.5 Å². The first kappa shape index (κ1) is 26.5. The second-order valence-corrected chi connectivity index (χ2v) is 12.4. The first-order valence-electron chi connectivity index (χ1n) is 11.8. The van der Waals surface area contributed by atoms with Crippen LogP contribution in [0.4, 0.5) is 26.3 Å². The van der Waals surface area contributed by atoms with Crippen molar-refractivity contribution in [1.29, 1.82) is 0 Å². The van der Waals surface area contributed by atoms with Crippen molar-refractivity contribution in [3.8, 4) is 11.1 Å². The van der Waals surface area contributed by atoms with Gasteiger partial charge in [-0.1, -0.05) is 13.8 Å². The lowest BCUT2D eigenvalue weighted by atomic mass is 9.52. The largest absolute Gasteiger partial charge is 0.373 e. The summed E-state index contributed by atoms with van der Waals surface area (Å²) in [6, 6.07) is 1.82. The Bertz CT molecular complexity index is 1430. The van der Waals surface area contributed by atoms with Crippen molar-refractivity contribution < 1.29 is 39.9 Å². The van der Waals surface area contributed by atoms with Crippen LogP contribution in [-0.2, 0) is 34.0 Å². The standard InChI is InChI=1S/C25H26F6N2O3S/c1-12(2)18-19(15-10-16-21-20(13(15)3)25(30,31)23(21,34)24(16,28)29)17(26)9-14(22(18)27)11-32-5-7-33(8-6-32)37(4,35)36/h9-10,12,34H,5-8,11H2,1-4H3. The van der Waals surface area contributed by atoms with Crippen LogP contribution in [0.15, 0.2) is 12.1 Å². The maximum Gasteiger partial charge on any atom is 0.312 e. The van der Waals surface area contributed by atoms with Crippen LogP contribution >= 0.6 is 0 Å². The summed E-state index contributed by atoms with van der Waals surface area (Å²) in [5, 5.41) is 10.0. The van der Waals surface area contributed by atoms with Crippen molar-refractivity contribution in [2.24, 2.45) is 0 Å². The number of piperazine rings is 1. The molecule has 1 fully saturated rings. The molecule has 3 aliphatic rings. The zero-order valence-electron chi connectivity index (χ0n) is 20.6. The average molecular weight is 549 g/mol. The van der Waals surface area contributed by atoms with Crippen LogP contribution in [0.3, 0.4) is 0 Å². The number of aliphatic hydroxyl groups is 1. The lowest BCUT2D eigenvalue weighted by molar-refractivity contribution is -0.353. The highest BCUT2D eigenvalue weighted by Gasteiger charge is 2.86. The van der Waals surface area contributed by atoms with Gasteiger partial charge in [0.15, 0.2) is 0 Å². The quantitative estimate of drug-likeness (QED) is 0.558. The highest BCUT2D eigenvalue weighted by molar-refractivity contribution is 7.88. The molecule has 0 radical (unpaired) electrons. The summed E-state index contributed by atoms with van der Waals surface area (Å²) in [7, 11) is -3.37. The van der Waals surface area contributed by atoms with Gasteiger partial charge in [-0.3, -0.25) is 4.90 Å². The van der Waals surface area contributed by atoms with E-state index in [0.717, 1.165) is 18.4 Å². The smallest absolute Gasteiger partial charge is 0.312 e. The molecule has 0 aromatic heterocycles. The highest BCUT2D eigenvalue weighted by atomic mass is 32.2. The van der Waals surface area contributed by atoms with Gasteiger partial charge < -0.3 is 5.11 Å². The van der Waals surface area contributed by atoms with E-state index < -0.39 is 61.7 Å². The molecule has 1 heterocycles. The molecule has 2 aliphatic carbocycles. The number of sulfonamides is 1. The van der Waals surface area contributed by atoms with E-state index in [1.807, 2.05) is 0 Å². The molecule has 0 amide bonds. The molecule has 0 bridgehead atoms. The van der Waals surface area contributed by atoms with E-state index in [2.05, 4.69) is 0 Å². The Balaban J connectivity index is 1.58. The Morgan fingerprint density at radius 1 is 1.00 bits per heavy atom. The van der Waals surface area contributed by atoms with Crippen LogP contribution < -0.4 is 0 Å². The molecular weight excluding hydrogens is 522 g/mol. The molecule has 1 saturated heterocycles. The van der Waals surface area contributed by atoms with Gasteiger partial charge in [0, 0.05) is 66.1 Å². The normalized spacial score (nSPS) is 24.5. The lowest BCUT2D eigenvalue weighted by Crippen LogP contribution is -2.70. The highest BCUT2D eigenvalue weighted by Crippen LogP contribution is 2.75. The number of rotatable bonds is 5. The predicted molar refractivity (Wildman–Crippen MR) is 124 cm³/mol. The minimum atomic E-state index is -4.24. The van der Waals surface area contributed by atoms with E-state index in [4.69, 9.17) is 0 Å². The minimum absolute atomic E-state index is 0.00306. The number of hydrogen-bond donors (Lipinski definition) is 1. The van der Waals surface area contributed by atoms with Crippen molar-refractivity contribution in [2.75, 3.05) is 32.4 Å². The third kappa shape index (κ3) is 3.31. The third-order valence-corrected chi connectivity index (χ3v) is 9.18. The first-order chi connectivity index (χ1) is 17.0. The fraction of sp³-hybridized carbons (Fsp3) is 0.520. The molecule has 2 aromatic carbocycles. The van der Waals surface area contributed by atoms with Gasteiger partial charge in [-0.15, -0.1) is 0 Å². The van der Waals surface area contributed by atoms with Crippen LogP contribution in [0.2, 0.25) is 0 Å². The van der Waals surface area contributed by atoms with Gasteiger partial charge >= 0.3 is 11.8 Å². The van der Waals surface area contributed by atoms with Crippen molar-refractivity contribution in [3.05, 3.63) is 57.1 Å². The van der Waals surface area contributed by atoms with Gasteiger partial charge in [-0.05, 0) is 36.1 Å². The molecule has 12 heteroatoms. The van der Waals surface area contributed by atoms with Crippen molar-refractivity contribution in [3.63, 3.8) is 0 Å². The van der Waals surface area contributed by atoms with Crippen LogP contribution in [0.5, 0.6) is 0 Å². The number of nitrogens with zero attached hydrogens (tertiary/aromatic N) is 2. The molecular formula is C25H26F6N2O3S. The van der Waals surface area contributed by atoms with E-state index in [9.17, 15) is 31.1 Å². The summed E-state index contributed by atoms with van der Waals surface area (Å²) in [6.07, 6.45) is 1.10. The second-order valence-electron chi connectivity index (χ2n) is 10.4. The van der Waals surface area contributed by atoms with Crippen molar-refractivity contribution in [2.45, 2.75) is 50.7 Å². The first-order valence-corrected chi connectivity index (χ1v) is 13.7. The molecule has 1 atom stereocenters. The molecule has 2 aromatic rings. The third-order valence-electron chi connectivity index (χ3n) is 7.88. The van der Waals surface area contributed by atoms with Crippen LogP contribution in [0.25, 0.3) is 11.1 Å². The van der Waals surface area contributed by atoms with Gasteiger partial charge in [0.25, 0.3) is 0 Å². The lowest BCUT2D eigenvalue weighted by Gasteiger charge is -2.59. The van der Waals surface area contributed by atoms with Crippen molar-refractivity contribution >= 4 is 10.0 Å². The fourth-order valence-corrected chi connectivity index (χ4v) is 6.74. The number of alkyl halides is 4. The SMILES string of the molecule is Cc1c(-c2c(F)cc(CN3CCN(S(C)(=O)=O)CC3)c(F)c2C(C)C)cc2c3c1C(F)(F)C3(O)C2(F)F. The maximum atomic E-state index is 15.8. The topological polar surface area (TPSA) is 60.9 Å². The number of halogens is 6. The molecule has 1 unspecified atom stereocenters. The molecule has 1 aliphatic heterocycles.